The highest BCUT2D eigenvalue weighted by atomic mass is 16.2. The monoisotopic (exact) mass is 190 g/mol. The van der Waals surface area contributed by atoms with E-state index < -0.39 is 6.04 Å². The maximum atomic E-state index is 11.5. The van der Waals surface area contributed by atoms with Gasteiger partial charge in [0.2, 0.25) is 0 Å². The van der Waals surface area contributed by atoms with Gasteiger partial charge in [-0.3, -0.25) is 4.79 Å². The lowest BCUT2D eigenvalue weighted by Crippen LogP contribution is -2.41. The number of amidine groups is 1. The molecule has 2 rings (SSSR count). The normalized spacial score (nSPS) is 21.2. The fourth-order valence-electron chi connectivity index (χ4n) is 1.24. The summed E-state index contributed by atoms with van der Waals surface area (Å²) >= 11 is 0. The average molecular weight is 190 g/mol. The molecule has 1 amide bonds. The van der Waals surface area contributed by atoms with Crippen LogP contribution in [0.4, 0.5) is 5.69 Å². The van der Waals surface area contributed by atoms with Crippen molar-refractivity contribution in [2.24, 2.45) is 16.6 Å². The highest BCUT2D eigenvalue weighted by Crippen LogP contribution is 2.17. The molecule has 72 valence electrons. The van der Waals surface area contributed by atoms with E-state index >= 15 is 0 Å². The van der Waals surface area contributed by atoms with Crippen LogP contribution in [-0.4, -0.2) is 17.8 Å². The van der Waals surface area contributed by atoms with Crippen molar-refractivity contribution in [3.05, 3.63) is 30.3 Å². The lowest BCUT2D eigenvalue weighted by atomic mass is 10.2. The van der Waals surface area contributed by atoms with Gasteiger partial charge in [0.1, 0.15) is 11.9 Å². The van der Waals surface area contributed by atoms with E-state index in [1.165, 1.54) is 5.01 Å². The minimum absolute atomic E-state index is 0.152. The molecule has 1 aliphatic heterocycles. The van der Waals surface area contributed by atoms with Gasteiger partial charge in [0.15, 0.2) is 0 Å². The highest BCUT2D eigenvalue weighted by molar-refractivity contribution is 6.17. The van der Waals surface area contributed by atoms with Crippen LogP contribution >= 0.6 is 0 Å². The first-order chi connectivity index (χ1) is 6.70. The third-order valence-electron chi connectivity index (χ3n) is 2.01. The van der Waals surface area contributed by atoms with Crippen LogP contribution in [0.3, 0.4) is 0 Å². The molecule has 0 fully saturated rings. The molecule has 1 aromatic rings. The number of nitrogens with two attached hydrogens (primary N) is 2. The molecule has 0 bridgehead atoms. The Morgan fingerprint density at radius 2 is 1.93 bits per heavy atom. The molecule has 0 radical (unpaired) electrons. The number of amides is 1. The number of para-hydroxylation sites is 1. The van der Waals surface area contributed by atoms with Gasteiger partial charge in [0.25, 0.3) is 5.91 Å². The van der Waals surface area contributed by atoms with E-state index in [4.69, 9.17) is 11.5 Å². The van der Waals surface area contributed by atoms with Crippen molar-refractivity contribution in [3.63, 3.8) is 0 Å². The molecule has 0 saturated carbocycles. The molecule has 1 heterocycles. The molecule has 5 heteroatoms. The van der Waals surface area contributed by atoms with E-state index in [9.17, 15) is 4.79 Å². The Morgan fingerprint density at radius 1 is 1.29 bits per heavy atom. The van der Waals surface area contributed by atoms with E-state index in [1.807, 2.05) is 18.2 Å². The molecule has 4 N–H and O–H groups in total. The summed E-state index contributed by atoms with van der Waals surface area (Å²) in [6.45, 7) is 0. The molecule has 0 saturated heterocycles. The summed E-state index contributed by atoms with van der Waals surface area (Å²) < 4.78 is 0. The first kappa shape index (κ1) is 8.71. The molecule has 1 unspecified atom stereocenters. The molecular formula is C9H10N4O. The Hall–Kier alpha value is -1.88. The van der Waals surface area contributed by atoms with Gasteiger partial charge in [0.05, 0.1) is 5.69 Å². The predicted octanol–water partition coefficient (Wildman–Crippen LogP) is -0.367. The van der Waals surface area contributed by atoms with Crippen molar-refractivity contribution in [1.29, 1.82) is 0 Å². The fraction of sp³-hybridized carbons (Fsp3) is 0.111. The summed E-state index contributed by atoms with van der Waals surface area (Å²) in [6, 6.07) is 8.22. The number of hydrogen-bond donors (Lipinski definition) is 2. The summed E-state index contributed by atoms with van der Waals surface area (Å²) in [5.41, 5.74) is 11.6. The lowest BCUT2D eigenvalue weighted by Gasteiger charge is -2.11. The van der Waals surface area contributed by atoms with Crippen molar-refractivity contribution in [2.75, 3.05) is 5.01 Å². The minimum atomic E-state index is -0.810. The van der Waals surface area contributed by atoms with Crippen LogP contribution in [0.2, 0.25) is 0 Å². The van der Waals surface area contributed by atoms with Crippen LogP contribution in [-0.2, 0) is 4.79 Å². The topological polar surface area (TPSA) is 84.7 Å². The van der Waals surface area contributed by atoms with Gasteiger partial charge >= 0.3 is 0 Å². The quantitative estimate of drug-likeness (QED) is 0.633. The molecule has 0 aromatic heterocycles. The van der Waals surface area contributed by atoms with Gasteiger partial charge in [-0.15, -0.1) is 5.10 Å². The van der Waals surface area contributed by atoms with E-state index in [1.54, 1.807) is 12.1 Å². The zero-order chi connectivity index (χ0) is 10.1. The van der Waals surface area contributed by atoms with Crippen LogP contribution in [0, 0.1) is 0 Å². The van der Waals surface area contributed by atoms with Gasteiger partial charge in [-0.25, -0.2) is 0 Å². The number of hydrogen-bond acceptors (Lipinski definition) is 4. The summed E-state index contributed by atoms with van der Waals surface area (Å²) in [4.78, 5) is 11.5. The summed E-state index contributed by atoms with van der Waals surface area (Å²) in [7, 11) is 0. The van der Waals surface area contributed by atoms with Gasteiger partial charge in [-0.05, 0) is 12.1 Å². The van der Waals surface area contributed by atoms with E-state index in [2.05, 4.69) is 5.10 Å². The molecule has 1 aromatic carbocycles. The van der Waals surface area contributed by atoms with E-state index in [0.717, 1.165) is 0 Å². The number of carbonyl (C=O) groups excluding carboxylic acids is 1. The summed E-state index contributed by atoms with van der Waals surface area (Å²) in [6.07, 6.45) is 0. The van der Waals surface area contributed by atoms with Crippen LogP contribution in [0.15, 0.2) is 35.4 Å². The van der Waals surface area contributed by atoms with Crippen molar-refractivity contribution in [2.45, 2.75) is 6.04 Å². The highest BCUT2D eigenvalue weighted by Gasteiger charge is 2.31. The average Bonchev–Trinajstić information content (AvgIpc) is 2.47. The molecule has 1 aliphatic rings. The lowest BCUT2D eigenvalue weighted by molar-refractivity contribution is -0.117. The van der Waals surface area contributed by atoms with Crippen LogP contribution in [0.25, 0.3) is 0 Å². The number of anilines is 1. The van der Waals surface area contributed by atoms with Crippen LogP contribution < -0.4 is 16.5 Å². The molecular weight excluding hydrogens is 180 g/mol. The third-order valence-corrected chi connectivity index (χ3v) is 2.01. The van der Waals surface area contributed by atoms with Crippen LogP contribution in [0.1, 0.15) is 0 Å². The second kappa shape index (κ2) is 3.12. The standard InChI is InChI=1S/C9H10N4O/c10-7-8(11)12-13(9(7)14)6-4-2-1-3-5-6/h1-5,7H,10H2,(H2,11,12). The fourth-order valence-corrected chi connectivity index (χ4v) is 1.24. The number of nitrogens with zero attached hydrogens (tertiary/aromatic N) is 2. The van der Waals surface area contributed by atoms with E-state index in [-0.39, 0.29) is 11.7 Å². The number of carbonyl (C=O) groups is 1. The van der Waals surface area contributed by atoms with Crippen molar-refractivity contribution in [3.8, 4) is 0 Å². The second-order valence-corrected chi connectivity index (χ2v) is 2.99. The third kappa shape index (κ3) is 1.23. The van der Waals surface area contributed by atoms with Crippen molar-refractivity contribution >= 4 is 17.4 Å². The van der Waals surface area contributed by atoms with Gasteiger partial charge in [-0.1, -0.05) is 18.2 Å². The molecule has 5 nitrogen and oxygen atoms in total. The summed E-state index contributed by atoms with van der Waals surface area (Å²) in [5.74, 6) is -0.146. The minimum Gasteiger partial charge on any atom is -0.384 e. The second-order valence-electron chi connectivity index (χ2n) is 2.99. The predicted molar refractivity (Wildman–Crippen MR) is 53.5 cm³/mol. The smallest absolute Gasteiger partial charge is 0.272 e. The maximum Gasteiger partial charge on any atom is 0.272 e. The Bertz CT molecular complexity index is 387. The first-order valence-corrected chi connectivity index (χ1v) is 4.18. The number of rotatable bonds is 1. The molecule has 1 atom stereocenters. The van der Waals surface area contributed by atoms with Crippen molar-refractivity contribution < 1.29 is 4.79 Å². The van der Waals surface area contributed by atoms with Gasteiger partial charge in [0, 0.05) is 0 Å². The summed E-state index contributed by atoms with van der Waals surface area (Å²) in [5, 5.41) is 5.10. The Kier molecular flexibility index (Phi) is 1.94. The maximum absolute atomic E-state index is 11.5. The van der Waals surface area contributed by atoms with Gasteiger partial charge < -0.3 is 11.5 Å². The SMILES string of the molecule is NC1=NN(c2ccccc2)C(=O)C1N. The zero-order valence-electron chi connectivity index (χ0n) is 7.42. The first-order valence-electron chi connectivity index (χ1n) is 4.18. The Labute approximate surface area is 81.0 Å². The number of benzene rings is 1. The van der Waals surface area contributed by atoms with Gasteiger partial charge in [-0.2, -0.15) is 5.01 Å². The molecule has 0 spiro atoms. The van der Waals surface area contributed by atoms with Crippen LogP contribution in [0.5, 0.6) is 0 Å². The molecule has 0 aliphatic carbocycles. The van der Waals surface area contributed by atoms with Crippen molar-refractivity contribution in [1.82, 2.24) is 0 Å². The zero-order valence-corrected chi connectivity index (χ0v) is 7.42. The Morgan fingerprint density at radius 3 is 2.43 bits per heavy atom. The Balaban J connectivity index is 2.35. The molecule has 14 heavy (non-hydrogen) atoms. The largest absolute Gasteiger partial charge is 0.384 e. The van der Waals surface area contributed by atoms with E-state index in [0.29, 0.717) is 5.69 Å². The number of hydrazone groups is 1.